The molecule has 12 aromatic rings. The number of hydrogen-bond acceptors (Lipinski definition) is 5. The maximum Gasteiger partial charge on any atom is 0.164 e. The molecule has 3 aromatic heterocycles. The van der Waals surface area contributed by atoms with Crippen molar-refractivity contribution in [2.24, 2.45) is 0 Å². The van der Waals surface area contributed by atoms with Crippen LogP contribution in [0.3, 0.4) is 0 Å². The van der Waals surface area contributed by atoms with Crippen LogP contribution in [-0.2, 0) is 5.41 Å². The molecule has 0 saturated heterocycles. The Balaban J connectivity index is 1.09. The highest BCUT2D eigenvalue weighted by atomic mass is 16.3. The molecule has 0 amide bonds. The molecule has 0 aliphatic heterocycles. The molecule has 1 aliphatic carbocycles. The Kier molecular flexibility index (Phi) is 8.33. The number of furan rings is 1. The molecular weight excluding hydrogens is 795 g/mol. The number of para-hydroxylation sites is 3. The third kappa shape index (κ3) is 5.60. The Morgan fingerprint density at radius 1 is 0.369 bits per heavy atom. The van der Waals surface area contributed by atoms with Crippen molar-refractivity contribution in [3.63, 3.8) is 0 Å². The summed E-state index contributed by atoms with van der Waals surface area (Å²) in [7, 11) is 0. The predicted molar refractivity (Wildman–Crippen MR) is 261 cm³/mol. The van der Waals surface area contributed by atoms with Crippen LogP contribution in [0.15, 0.2) is 229 Å². The van der Waals surface area contributed by atoms with Crippen LogP contribution in [0.5, 0.6) is 0 Å². The first kappa shape index (κ1) is 36.9. The first-order chi connectivity index (χ1) is 32.3. The predicted octanol–water partition coefficient (Wildman–Crippen LogP) is 14.1. The summed E-state index contributed by atoms with van der Waals surface area (Å²) in [6.45, 7) is 0. The SMILES string of the molecule is c1ccc(-c2nc(-c3cccc4c3-c3ccccc3C4(c3ccccc3)c3ccccc3)nc(-c3cccc4oc5cccc(-c6nc7ccccc7n6-c6ccccc6)c5c34)n2)cc1. The number of hydrogen-bond donors (Lipinski definition) is 0. The largest absolute Gasteiger partial charge is 0.456 e. The Labute approximate surface area is 374 Å². The third-order valence-electron chi connectivity index (χ3n) is 13.0. The van der Waals surface area contributed by atoms with E-state index in [0.717, 1.165) is 77.9 Å². The summed E-state index contributed by atoms with van der Waals surface area (Å²) in [5.74, 6) is 2.55. The van der Waals surface area contributed by atoms with Gasteiger partial charge in [0.05, 0.1) is 16.4 Å². The summed E-state index contributed by atoms with van der Waals surface area (Å²) in [6, 6.07) is 78.4. The number of imidazole rings is 1. The Bertz CT molecular complexity index is 3730. The van der Waals surface area contributed by atoms with Crippen LogP contribution in [-0.4, -0.2) is 24.5 Å². The van der Waals surface area contributed by atoms with Gasteiger partial charge in [-0.25, -0.2) is 19.9 Å². The lowest BCUT2D eigenvalue weighted by molar-refractivity contribution is 0.669. The number of nitrogens with zero attached hydrogens (tertiary/aromatic N) is 5. The zero-order valence-corrected chi connectivity index (χ0v) is 35.0. The molecule has 6 nitrogen and oxygen atoms in total. The van der Waals surface area contributed by atoms with Gasteiger partial charge in [0, 0.05) is 38.7 Å². The van der Waals surface area contributed by atoms with Crippen molar-refractivity contribution in [2.75, 3.05) is 0 Å². The highest BCUT2D eigenvalue weighted by Gasteiger charge is 2.47. The van der Waals surface area contributed by atoms with E-state index in [0.29, 0.717) is 17.5 Å². The molecule has 0 fully saturated rings. The maximum absolute atomic E-state index is 6.72. The molecule has 3 heterocycles. The van der Waals surface area contributed by atoms with Crippen molar-refractivity contribution >= 4 is 33.0 Å². The van der Waals surface area contributed by atoms with Gasteiger partial charge in [0.15, 0.2) is 17.5 Å². The Morgan fingerprint density at radius 2 is 0.877 bits per heavy atom. The van der Waals surface area contributed by atoms with Crippen molar-refractivity contribution in [1.82, 2.24) is 24.5 Å². The molecule has 1 aliphatic rings. The van der Waals surface area contributed by atoms with Crippen LogP contribution in [0, 0.1) is 0 Å². The standard InChI is InChI=1S/C59H37N5O/c1-5-20-38(21-6-1)55-61-56(43-29-17-33-47-52(43)42-28-13-14-32-46(42)59(47,39-22-7-2-8-23-39)40-24-9-3-10-25-40)63-57(62-55)44-30-18-36-50-53(44)54-45(31-19-37-51(54)65-50)58-60-48-34-15-16-35-49(48)64(58)41-26-11-4-12-27-41/h1-37H. The summed E-state index contributed by atoms with van der Waals surface area (Å²) in [6.07, 6.45) is 0. The summed E-state index contributed by atoms with van der Waals surface area (Å²) in [5, 5.41) is 1.86. The quantitative estimate of drug-likeness (QED) is 0.160. The van der Waals surface area contributed by atoms with Gasteiger partial charge >= 0.3 is 0 Å². The highest BCUT2D eigenvalue weighted by molar-refractivity contribution is 6.17. The number of rotatable bonds is 7. The van der Waals surface area contributed by atoms with E-state index in [4.69, 9.17) is 24.4 Å². The second kappa shape index (κ2) is 14.7. The van der Waals surface area contributed by atoms with Crippen molar-refractivity contribution in [3.05, 3.63) is 247 Å². The Hall–Kier alpha value is -8.74. The van der Waals surface area contributed by atoms with Gasteiger partial charge < -0.3 is 4.42 Å². The summed E-state index contributed by atoms with van der Waals surface area (Å²) in [5.41, 5.74) is 14.6. The van der Waals surface area contributed by atoms with E-state index in [2.05, 4.69) is 174 Å². The number of aromatic nitrogens is 5. The molecule has 9 aromatic carbocycles. The van der Waals surface area contributed by atoms with Gasteiger partial charge in [-0.2, -0.15) is 0 Å². The van der Waals surface area contributed by atoms with Crippen molar-refractivity contribution in [3.8, 4) is 62.4 Å². The van der Waals surface area contributed by atoms with Crippen LogP contribution >= 0.6 is 0 Å². The zero-order chi connectivity index (χ0) is 42.9. The molecule has 0 spiro atoms. The fourth-order valence-corrected chi connectivity index (χ4v) is 10.3. The van der Waals surface area contributed by atoms with Crippen LogP contribution < -0.4 is 0 Å². The molecule has 0 radical (unpaired) electrons. The van der Waals surface area contributed by atoms with Crippen molar-refractivity contribution in [1.29, 1.82) is 0 Å². The van der Waals surface area contributed by atoms with Gasteiger partial charge in [0.25, 0.3) is 0 Å². The van der Waals surface area contributed by atoms with E-state index in [-0.39, 0.29) is 0 Å². The summed E-state index contributed by atoms with van der Waals surface area (Å²) >= 11 is 0. The van der Waals surface area contributed by atoms with Gasteiger partial charge in [-0.1, -0.05) is 188 Å². The number of fused-ring (bicyclic) bond motifs is 7. The van der Waals surface area contributed by atoms with Crippen molar-refractivity contribution < 1.29 is 4.42 Å². The topological polar surface area (TPSA) is 69.6 Å². The lowest BCUT2D eigenvalue weighted by Crippen LogP contribution is -2.28. The van der Waals surface area contributed by atoms with E-state index in [1.165, 1.54) is 22.3 Å². The van der Waals surface area contributed by atoms with Crippen LogP contribution in [0.2, 0.25) is 0 Å². The molecule has 65 heavy (non-hydrogen) atoms. The molecule has 0 unspecified atom stereocenters. The molecule has 0 N–H and O–H groups in total. The van der Waals surface area contributed by atoms with Gasteiger partial charge in [-0.3, -0.25) is 4.57 Å². The number of benzene rings is 9. The lowest BCUT2D eigenvalue weighted by Gasteiger charge is -2.33. The molecule has 0 bridgehead atoms. The second-order valence-electron chi connectivity index (χ2n) is 16.5. The summed E-state index contributed by atoms with van der Waals surface area (Å²) < 4.78 is 8.96. The minimum Gasteiger partial charge on any atom is -0.456 e. The molecule has 13 rings (SSSR count). The normalized spacial score (nSPS) is 12.7. The van der Waals surface area contributed by atoms with Crippen LogP contribution in [0.1, 0.15) is 22.3 Å². The Morgan fingerprint density at radius 3 is 1.60 bits per heavy atom. The monoisotopic (exact) mass is 831 g/mol. The first-order valence-corrected chi connectivity index (χ1v) is 21.9. The minimum atomic E-state index is -0.573. The van der Waals surface area contributed by atoms with E-state index in [1.807, 2.05) is 54.6 Å². The minimum absolute atomic E-state index is 0.551. The lowest BCUT2D eigenvalue weighted by atomic mass is 9.67. The average molecular weight is 832 g/mol. The maximum atomic E-state index is 6.72. The van der Waals surface area contributed by atoms with Crippen LogP contribution in [0.4, 0.5) is 0 Å². The van der Waals surface area contributed by atoms with Gasteiger partial charge in [0.2, 0.25) is 0 Å². The van der Waals surface area contributed by atoms with Crippen molar-refractivity contribution in [2.45, 2.75) is 5.41 Å². The summed E-state index contributed by atoms with van der Waals surface area (Å²) in [4.78, 5) is 21.5. The molecule has 0 atom stereocenters. The van der Waals surface area contributed by atoms with Gasteiger partial charge in [-0.05, 0) is 69.8 Å². The second-order valence-corrected chi connectivity index (χ2v) is 16.5. The van der Waals surface area contributed by atoms with Gasteiger partial charge in [0.1, 0.15) is 17.0 Å². The first-order valence-electron chi connectivity index (χ1n) is 21.9. The van der Waals surface area contributed by atoms with E-state index < -0.39 is 5.41 Å². The highest BCUT2D eigenvalue weighted by Crippen LogP contribution is 2.58. The van der Waals surface area contributed by atoms with E-state index >= 15 is 0 Å². The molecule has 304 valence electrons. The van der Waals surface area contributed by atoms with Crippen LogP contribution in [0.25, 0.3) is 95.3 Å². The molecule has 0 saturated carbocycles. The fourth-order valence-electron chi connectivity index (χ4n) is 10.3. The molecular formula is C59H37N5O. The fraction of sp³-hybridized carbons (Fsp3) is 0.0169. The zero-order valence-electron chi connectivity index (χ0n) is 35.0. The van der Waals surface area contributed by atoms with Gasteiger partial charge in [-0.15, -0.1) is 0 Å². The molecule has 6 heteroatoms. The smallest absolute Gasteiger partial charge is 0.164 e. The third-order valence-corrected chi connectivity index (χ3v) is 13.0. The van der Waals surface area contributed by atoms with E-state index in [1.54, 1.807) is 0 Å². The van der Waals surface area contributed by atoms with E-state index in [9.17, 15) is 0 Å². The average Bonchev–Trinajstić information content (AvgIpc) is 4.06.